The molecule has 0 aromatic heterocycles. The van der Waals surface area contributed by atoms with Crippen molar-refractivity contribution in [2.75, 3.05) is 12.8 Å². The van der Waals surface area contributed by atoms with Gasteiger partial charge in [0, 0.05) is 11.1 Å². The molecule has 4 heteroatoms. The summed E-state index contributed by atoms with van der Waals surface area (Å²) in [6.07, 6.45) is 0. The summed E-state index contributed by atoms with van der Waals surface area (Å²) < 4.78 is 5.05. The van der Waals surface area contributed by atoms with Crippen molar-refractivity contribution in [2.24, 2.45) is 0 Å². The first-order valence-corrected chi connectivity index (χ1v) is 5.74. The zero-order valence-electron chi connectivity index (χ0n) is 9.81. The van der Waals surface area contributed by atoms with Gasteiger partial charge in [-0.1, -0.05) is 23.7 Å². The summed E-state index contributed by atoms with van der Waals surface area (Å²) in [6, 6.07) is 11.8. The number of nitrogens with two attached hydrogens (primary N) is 1. The molecule has 92 valence electrons. The van der Waals surface area contributed by atoms with Crippen LogP contribution in [0.2, 0.25) is 5.02 Å². The minimum absolute atomic E-state index is 0.157. The SMILES string of the molecule is COc1ccc(C(=O)c2ccccc2Cl)cc1N. The third-order valence-corrected chi connectivity index (χ3v) is 2.94. The molecule has 0 amide bonds. The maximum absolute atomic E-state index is 12.2. The van der Waals surface area contributed by atoms with Crippen LogP contribution in [0.5, 0.6) is 5.75 Å². The molecule has 0 radical (unpaired) electrons. The van der Waals surface area contributed by atoms with E-state index < -0.39 is 0 Å². The number of anilines is 1. The molecule has 0 fully saturated rings. The van der Waals surface area contributed by atoms with E-state index in [2.05, 4.69) is 0 Å². The Bertz CT molecular complexity index is 596. The molecular formula is C14H12ClNO2. The third-order valence-electron chi connectivity index (χ3n) is 2.61. The van der Waals surface area contributed by atoms with Gasteiger partial charge in [-0.15, -0.1) is 0 Å². The molecule has 0 saturated heterocycles. The molecule has 18 heavy (non-hydrogen) atoms. The zero-order valence-corrected chi connectivity index (χ0v) is 10.6. The predicted octanol–water partition coefficient (Wildman–Crippen LogP) is 3.16. The number of carbonyl (C=O) groups is 1. The molecule has 0 spiro atoms. The molecule has 0 aliphatic carbocycles. The van der Waals surface area contributed by atoms with Gasteiger partial charge in [0.2, 0.25) is 0 Å². The van der Waals surface area contributed by atoms with E-state index in [0.717, 1.165) is 0 Å². The van der Waals surface area contributed by atoms with E-state index in [-0.39, 0.29) is 5.78 Å². The fraction of sp³-hybridized carbons (Fsp3) is 0.0714. The fourth-order valence-electron chi connectivity index (χ4n) is 1.68. The summed E-state index contributed by atoms with van der Waals surface area (Å²) in [5.41, 5.74) is 7.15. The van der Waals surface area contributed by atoms with Gasteiger partial charge in [-0.3, -0.25) is 4.79 Å². The Kier molecular flexibility index (Phi) is 3.53. The fourth-order valence-corrected chi connectivity index (χ4v) is 1.90. The number of halogens is 1. The van der Waals surface area contributed by atoms with Gasteiger partial charge in [0.1, 0.15) is 5.75 Å². The molecule has 2 rings (SSSR count). The van der Waals surface area contributed by atoms with Gasteiger partial charge in [-0.25, -0.2) is 0 Å². The van der Waals surface area contributed by atoms with Crippen LogP contribution in [0.25, 0.3) is 0 Å². The van der Waals surface area contributed by atoms with E-state index in [1.54, 1.807) is 42.5 Å². The van der Waals surface area contributed by atoms with Gasteiger partial charge in [-0.2, -0.15) is 0 Å². The highest BCUT2D eigenvalue weighted by atomic mass is 35.5. The van der Waals surface area contributed by atoms with Crippen LogP contribution in [0, 0.1) is 0 Å². The first-order chi connectivity index (χ1) is 8.63. The molecule has 0 heterocycles. The standard InChI is InChI=1S/C14H12ClNO2/c1-18-13-7-6-9(8-12(13)16)14(17)10-4-2-3-5-11(10)15/h2-8H,16H2,1H3. The first kappa shape index (κ1) is 12.5. The number of hydrogen-bond donors (Lipinski definition) is 1. The number of benzene rings is 2. The lowest BCUT2D eigenvalue weighted by molar-refractivity contribution is 0.103. The monoisotopic (exact) mass is 261 g/mol. The normalized spacial score (nSPS) is 10.1. The summed E-state index contributed by atoms with van der Waals surface area (Å²) in [5, 5.41) is 0.428. The summed E-state index contributed by atoms with van der Waals surface area (Å²) in [4.78, 5) is 12.2. The molecule has 0 unspecified atom stereocenters. The van der Waals surface area contributed by atoms with Crippen LogP contribution in [0.3, 0.4) is 0 Å². The highest BCUT2D eigenvalue weighted by molar-refractivity contribution is 6.35. The van der Waals surface area contributed by atoms with Gasteiger partial charge in [0.15, 0.2) is 5.78 Å². The first-order valence-electron chi connectivity index (χ1n) is 5.36. The molecule has 0 atom stereocenters. The van der Waals surface area contributed by atoms with E-state index in [9.17, 15) is 4.79 Å². The van der Waals surface area contributed by atoms with Gasteiger partial charge in [0.05, 0.1) is 17.8 Å². The number of ether oxygens (including phenoxy) is 1. The van der Waals surface area contributed by atoms with Crippen LogP contribution in [0.15, 0.2) is 42.5 Å². The molecule has 2 N–H and O–H groups in total. The maximum Gasteiger partial charge on any atom is 0.194 e. The lowest BCUT2D eigenvalue weighted by Crippen LogP contribution is -2.03. The lowest BCUT2D eigenvalue weighted by Gasteiger charge is -2.07. The largest absolute Gasteiger partial charge is 0.495 e. The number of methoxy groups -OCH3 is 1. The summed E-state index contributed by atoms with van der Waals surface area (Å²) in [6.45, 7) is 0. The quantitative estimate of drug-likeness (QED) is 0.682. The molecule has 2 aromatic carbocycles. The van der Waals surface area contributed by atoms with E-state index in [1.807, 2.05) is 0 Å². The Morgan fingerprint density at radius 1 is 1.22 bits per heavy atom. The van der Waals surface area contributed by atoms with Crippen LogP contribution < -0.4 is 10.5 Å². The Balaban J connectivity index is 2.41. The van der Waals surface area contributed by atoms with Crippen molar-refractivity contribution in [3.8, 4) is 5.75 Å². The molecule has 2 aromatic rings. The summed E-state index contributed by atoms with van der Waals surface area (Å²) in [5.74, 6) is 0.390. The van der Waals surface area contributed by atoms with Crippen molar-refractivity contribution in [3.05, 3.63) is 58.6 Å². The molecule has 0 aliphatic heterocycles. The van der Waals surface area contributed by atoms with Crippen molar-refractivity contribution >= 4 is 23.1 Å². The lowest BCUT2D eigenvalue weighted by atomic mass is 10.0. The average molecular weight is 262 g/mol. The van der Waals surface area contributed by atoms with Crippen molar-refractivity contribution in [1.29, 1.82) is 0 Å². The Morgan fingerprint density at radius 3 is 2.56 bits per heavy atom. The minimum Gasteiger partial charge on any atom is -0.495 e. The maximum atomic E-state index is 12.2. The van der Waals surface area contributed by atoms with E-state index in [4.69, 9.17) is 22.1 Å². The number of ketones is 1. The van der Waals surface area contributed by atoms with Crippen molar-refractivity contribution in [3.63, 3.8) is 0 Å². The second-order valence-electron chi connectivity index (χ2n) is 3.77. The Labute approximate surface area is 110 Å². The van der Waals surface area contributed by atoms with E-state index >= 15 is 0 Å². The molecule has 0 saturated carbocycles. The van der Waals surface area contributed by atoms with Gasteiger partial charge < -0.3 is 10.5 Å². The van der Waals surface area contributed by atoms with Crippen LogP contribution in [-0.4, -0.2) is 12.9 Å². The topological polar surface area (TPSA) is 52.3 Å². The molecule has 3 nitrogen and oxygen atoms in total. The van der Waals surface area contributed by atoms with E-state index in [1.165, 1.54) is 7.11 Å². The minimum atomic E-state index is -0.157. The van der Waals surface area contributed by atoms with Gasteiger partial charge in [-0.05, 0) is 30.3 Å². The van der Waals surface area contributed by atoms with Crippen molar-refractivity contribution < 1.29 is 9.53 Å². The highest BCUT2D eigenvalue weighted by Gasteiger charge is 2.13. The predicted molar refractivity (Wildman–Crippen MR) is 72.3 cm³/mol. The van der Waals surface area contributed by atoms with Crippen LogP contribution >= 0.6 is 11.6 Å². The van der Waals surface area contributed by atoms with E-state index in [0.29, 0.717) is 27.6 Å². The Hall–Kier alpha value is -2.00. The third kappa shape index (κ3) is 2.31. The molecule has 0 aliphatic rings. The van der Waals surface area contributed by atoms with Crippen LogP contribution in [-0.2, 0) is 0 Å². The smallest absolute Gasteiger partial charge is 0.194 e. The molecule has 0 bridgehead atoms. The zero-order chi connectivity index (χ0) is 13.1. The summed E-state index contributed by atoms with van der Waals surface area (Å²) in [7, 11) is 1.53. The number of hydrogen-bond acceptors (Lipinski definition) is 3. The van der Waals surface area contributed by atoms with Crippen LogP contribution in [0.4, 0.5) is 5.69 Å². The number of rotatable bonds is 3. The van der Waals surface area contributed by atoms with Gasteiger partial charge in [0.25, 0.3) is 0 Å². The number of carbonyl (C=O) groups excluding carboxylic acids is 1. The second kappa shape index (κ2) is 5.10. The highest BCUT2D eigenvalue weighted by Crippen LogP contribution is 2.25. The molecular weight excluding hydrogens is 250 g/mol. The Morgan fingerprint density at radius 2 is 1.94 bits per heavy atom. The van der Waals surface area contributed by atoms with Crippen LogP contribution in [0.1, 0.15) is 15.9 Å². The summed E-state index contributed by atoms with van der Waals surface area (Å²) >= 11 is 5.99. The number of nitrogen functional groups attached to an aromatic ring is 1. The second-order valence-corrected chi connectivity index (χ2v) is 4.17. The van der Waals surface area contributed by atoms with Crippen molar-refractivity contribution in [2.45, 2.75) is 0 Å². The van der Waals surface area contributed by atoms with Gasteiger partial charge >= 0.3 is 0 Å². The van der Waals surface area contributed by atoms with Crippen molar-refractivity contribution in [1.82, 2.24) is 0 Å². The average Bonchev–Trinajstić information content (AvgIpc) is 2.38.